The molecule has 0 amide bonds. The summed E-state index contributed by atoms with van der Waals surface area (Å²) < 4.78 is 6.60. The summed E-state index contributed by atoms with van der Waals surface area (Å²) >= 11 is 1.78. The quantitative estimate of drug-likeness (QED) is 0.391. The average Bonchev–Trinajstić information content (AvgIpc) is 3.41. The molecule has 1 fully saturated rings. The topological polar surface area (TPSA) is 27.7 Å². The predicted octanol–water partition coefficient (Wildman–Crippen LogP) is 5.57. The Labute approximate surface area is 209 Å². The maximum Gasteiger partial charge on any atom is 0.134 e. The van der Waals surface area contributed by atoms with Gasteiger partial charge in [-0.1, -0.05) is 54.6 Å². The van der Waals surface area contributed by atoms with Crippen molar-refractivity contribution >= 4 is 11.3 Å². The molecule has 1 N–H and O–H groups in total. The molecule has 0 radical (unpaired) electrons. The van der Waals surface area contributed by atoms with E-state index >= 15 is 0 Å². The molecular formula is C29H39N3OS. The van der Waals surface area contributed by atoms with Gasteiger partial charge in [0.15, 0.2) is 0 Å². The second kappa shape index (κ2) is 12.0. The minimum Gasteiger partial charge on any atom is -0.485 e. The molecule has 1 saturated heterocycles. The third-order valence-corrected chi connectivity index (χ3v) is 8.27. The molecule has 0 aliphatic carbocycles. The minimum atomic E-state index is 0.0927. The number of rotatable bonds is 11. The van der Waals surface area contributed by atoms with Crippen LogP contribution in [0.1, 0.15) is 41.4 Å². The summed E-state index contributed by atoms with van der Waals surface area (Å²) in [5, 5.41) is 5.40. The van der Waals surface area contributed by atoms with Crippen LogP contribution in [-0.4, -0.2) is 57.1 Å². The van der Waals surface area contributed by atoms with Crippen LogP contribution in [0.4, 0.5) is 0 Å². The lowest BCUT2D eigenvalue weighted by molar-refractivity contribution is 0.0542. The van der Waals surface area contributed by atoms with Gasteiger partial charge in [0, 0.05) is 36.5 Å². The van der Waals surface area contributed by atoms with Crippen LogP contribution in [-0.2, 0) is 12.0 Å². The molecule has 2 heterocycles. The Hall–Kier alpha value is -2.18. The standard InChI is InChI=1S/C29H39N3OS/c1-30-19-15-27(28-14-9-23-34-28)33-26-13-8-7-10-24(26)16-20-32-21-17-29(18-22-32,31(2)3)25-11-5-4-6-12-25/h4-14,23,27,30H,15-22H2,1-3H3. The SMILES string of the molecule is CNCCC(Oc1ccccc1CCN1CCC(c2ccccc2)(N(C)C)CC1)c1cccs1. The van der Waals surface area contributed by atoms with Crippen LogP contribution < -0.4 is 10.1 Å². The van der Waals surface area contributed by atoms with Gasteiger partial charge in [0.1, 0.15) is 11.9 Å². The van der Waals surface area contributed by atoms with E-state index in [0.717, 1.165) is 57.6 Å². The van der Waals surface area contributed by atoms with Gasteiger partial charge >= 0.3 is 0 Å². The number of nitrogens with zero attached hydrogens (tertiary/aromatic N) is 2. The van der Waals surface area contributed by atoms with Crippen LogP contribution in [0.3, 0.4) is 0 Å². The third-order valence-electron chi connectivity index (χ3n) is 7.31. The number of para-hydroxylation sites is 1. The highest BCUT2D eigenvalue weighted by atomic mass is 32.1. The van der Waals surface area contributed by atoms with Gasteiger partial charge in [-0.3, -0.25) is 4.90 Å². The van der Waals surface area contributed by atoms with E-state index in [1.807, 2.05) is 7.05 Å². The van der Waals surface area contributed by atoms with E-state index in [0.29, 0.717) is 0 Å². The van der Waals surface area contributed by atoms with Crippen molar-refractivity contribution in [2.24, 2.45) is 0 Å². The van der Waals surface area contributed by atoms with Crippen LogP contribution >= 0.6 is 11.3 Å². The van der Waals surface area contributed by atoms with Crippen LogP contribution in [0.2, 0.25) is 0 Å². The Bertz CT molecular complexity index is 982. The van der Waals surface area contributed by atoms with Crippen molar-refractivity contribution in [2.45, 2.75) is 37.3 Å². The molecule has 5 heteroatoms. The summed E-state index contributed by atoms with van der Waals surface area (Å²) in [5.41, 5.74) is 2.89. The Balaban J connectivity index is 1.38. The zero-order chi connectivity index (χ0) is 23.8. The lowest BCUT2D eigenvalue weighted by Gasteiger charge is -2.46. The fourth-order valence-corrected chi connectivity index (χ4v) is 5.94. The second-order valence-corrected chi connectivity index (χ2v) is 10.5. The molecule has 34 heavy (non-hydrogen) atoms. The molecule has 4 nitrogen and oxygen atoms in total. The van der Waals surface area contributed by atoms with E-state index < -0.39 is 0 Å². The maximum absolute atomic E-state index is 6.60. The third kappa shape index (κ3) is 5.89. The van der Waals surface area contributed by atoms with E-state index in [2.05, 4.69) is 101 Å². The molecular weight excluding hydrogens is 438 g/mol. The Morgan fingerprint density at radius 3 is 2.41 bits per heavy atom. The fraction of sp³-hybridized carbons (Fsp3) is 0.448. The molecule has 2 aromatic carbocycles. The Morgan fingerprint density at radius 2 is 1.74 bits per heavy atom. The fourth-order valence-electron chi connectivity index (χ4n) is 5.16. The molecule has 1 atom stereocenters. The lowest BCUT2D eigenvalue weighted by atomic mass is 9.79. The maximum atomic E-state index is 6.60. The number of ether oxygens (including phenoxy) is 1. The summed E-state index contributed by atoms with van der Waals surface area (Å²) in [4.78, 5) is 6.35. The van der Waals surface area contributed by atoms with Crippen molar-refractivity contribution in [3.8, 4) is 5.75 Å². The number of hydrogen-bond acceptors (Lipinski definition) is 5. The zero-order valence-electron chi connectivity index (χ0n) is 20.9. The van der Waals surface area contributed by atoms with Gasteiger partial charge in [0.2, 0.25) is 0 Å². The predicted molar refractivity (Wildman–Crippen MR) is 144 cm³/mol. The van der Waals surface area contributed by atoms with Crippen LogP contribution in [0, 0.1) is 0 Å². The first-order chi connectivity index (χ1) is 16.6. The first-order valence-corrected chi connectivity index (χ1v) is 13.4. The smallest absolute Gasteiger partial charge is 0.134 e. The van der Waals surface area contributed by atoms with Crippen molar-refractivity contribution in [1.82, 2.24) is 15.1 Å². The van der Waals surface area contributed by atoms with E-state index in [1.165, 1.54) is 16.0 Å². The zero-order valence-corrected chi connectivity index (χ0v) is 21.7. The number of benzene rings is 2. The molecule has 1 aliphatic rings. The van der Waals surface area contributed by atoms with Gasteiger partial charge in [-0.2, -0.15) is 0 Å². The van der Waals surface area contributed by atoms with E-state index in [-0.39, 0.29) is 11.6 Å². The summed E-state index contributed by atoms with van der Waals surface area (Å²) in [7, 11) is 6.46. The van der Waals surface area contributed by atoms with Gasteiger partial charge in [0.25, 0.3) is 0 Å². The van der Waals surface area contributed by atoms with E-state index in [1.54, 1.807) is 11.3 Å². The Kier molecular flexibility index (Phi) is 8.79. The number of nitrogens with one attached hydrogen (secondary N) is 1. The van der Waals surface area contributed by atoms with Crippen molar-refractivity contribution in [3.05, 3.63) is 88.1 Å². The average molecular weight is 478 g/mol. The first-order valence-electron chi connectivity index (χ1n) is 12.5. The van der Waals surface area contributed by atoms with Gasteiger partial charge in [-0.25, -0.2) is 0 Å². The molecule has 182 valence electrons. The van der Waals surface area contributed by atoms with Gasteiger partial charge in [-0.15, -0.1) is 11.3 Å². The molecule has 0 saturated carbocycles. The Morgan fingerprint density at radius 1 is 1.00 bits per heavy atom. The summed E-state index contributed by atoms with van der Waals surface area (Å²) in [6, 6.07) is 23.9. The minimum absolute atomic E-state index is 0.0927. The van der Waals surface area contributed by atoms with Crippen LogP contribution in [0.25, 0.3) is 0 Å². The second-order valence-electron chi connectivity index (χ2n) is 9.51. The monoisotopic (exact) mass is 477 g/mol. The molecule has 0 spiro atoms. The highest BCUT2D eigenvalue weighted by molar-refractivity contribution is 7.10. The summed E-state index contributed by atoms with van der Waals surface area (Å²) in [6.45, 7) is 4.25. The van der Waals surface area contributed by atoms with Gasteiger partial charge in [-0.05, 0) is 75.6 Å². The van der Waals surface area contributed by atoms with Crippen LogP contribution in [0.15, 0.2) is 72.1 Å². The van der Waals surface area contributed by atoms with Crippen molar-refractivity contribution in [1.29, 1.82) is 0 Å². The first kappa shape index (κ1) is 24.9. The lowest BCUT2D eigenvalue weighted by Crippen LogP contribution is -2.50. The molecule has 3 aromatic rings. The molecule has 0 bridgehead atoms. The normalized spacial score (nSPS) is 17.1. The number of likely N-dealkylation sites (tertiary alicyclic amines) is 1. The van der Waals surface area contributed by atoms with Crippen LogP contribution in [0.5, 0.6) is 5.75 Å². The molecule has 4 rings (SSSR count). The van der Waals surface area contributed by atoms with Gasteiger partial charge in [0.05, 0.1) is 0 Å². The van der Waals surface area contributed by atoms with Crippen molar-refractivity contribution in [2.75, 3.05) is 47.3 Å². The molecule has 1 unspecified atom stereocenters. The van der Waals surface area contributed by atoms with E-state index in [4.69, 9.17) is 4.74 Å². The number of hydrogen-bond donors (Lipinski definition) is 1. The highest BCUT2D eigenvalue weighted by Gasteiger charge is 2.37. The van der Waals surface area contributed by atoms with Gasteiger partial charge < -0.3 is 15.0 Å². The largest absolute Gasteiger partial charge is 0.485 e. The van der Waals surface area contributed by atoms with Crippen molar-refractivity contribution < 1.29 is 4.74 Å². The summed E-state index contributed by atoms with van der Waals surface area (Å²) in [6.07, 6.45) is 4.39. The summed E-state index contributed by atoms with van der Waals surface area (Å²) in [5.74, 6) is 1.03. The number of thiophene rings is 1. The van der Waals surface area contributed by atoms with E-state index in [9.17, 15) is 0 Å². The van der Waals surface area contributed by atoms with Crippen molar-refractivity contribution in [3.63, 3.8) is 0 Å². The highest BCUT2D eigenvalue weighted by Crippen LogP contribution is 2.37. The molecule has 1 aromatic heterocycles. The number of piperidine rings is 1. The molecule has 1 aliphatic heterocycles.